The Kier molecular flexibility index (Phi) is 1.53. The zero-order chi connectivity index (χ0) is 7.84. The van der Waals surface area contributed by atoms with Crippen LogP contribution in [0, 0.1) is 0 Å². The molecule has 0 saturated heterocycles. The van der Waals surface area contributed by atoms with E-state index >= 15 is 0 Å². The topological polar surface area (TPSA) is 15.8 Å². The Hall–Kier alpha value is -0.695. The van der Waals surface area contributed by atoms with E-state index in [0.29, 0.717) is 0 Å². The van der Waals surface area contributed by atoms with Crippen LogP contribution in [0.3, 0.4) is 0 Å². The lowest BCUT2D eigenvalue weighted by Gasteiger charge is -1.91. The number of hydrogen-bond acceptors (Lipinski definition) is 0. The van der Waals surface area contributed by atoms with Crippen LogP contribution in [0.5, 0.6) is 0 Å². The van der Waals surface area contributed by atoms with Crippen LogP contribution in [0.25, 0.3) is 10.9 Å². The van der Waals surface area contributed by atoms with Crippen molar-refractivity contribution in [2.24, 2.45) is 0 Å². The molecule has 0 fully saturated rings. The summed E-state index contributed by atoms with van der Waals surface area (Å²) in [5.74, 6) is 0. The highest BCUT2D eigenvalue weighted by atomic mass is 79.9. The number of halogens is 1. The number of nitrogens with one attached hydrogen (secondary N) is 1. The lowest BCUT2D eigenvalue weighted by molar-refractivity contribution is 1.48. The first kappa shape index (κ1) is 6.98. The predicted octanol–water partition coefficient (Wildman–Crippen LogP) is 1.19. The molecule has 0 radical (unpaired) electrons. The molecule has 2 aromatic rings. The van der Waals surface area contributed by atoms with Crippen molar-refractivity contribution in [3.8, 4) is 0 Å². The van der Waals surface area contributed by atoms with Crippen molar-refractivity contribution in [1.29, 1.82) is 0 Å². The fourth-order valence-electron chi connectivity index (χ4n) is 1.24. The van der Waals surface area contributed by atoms with Crippen molar-refractivity contribution in [2.75, 3.05) is 0 Å². The lowest BCUT2D eigenvalue weighted by Crippen LogP contribution is -1.96. The van der Waals surface area contributed by atoms with Crippen LogP contribution in [-0.4, -0.2) is 12.8 Å². The Morgan fingerprint density at radius 1 is 1.36 bits per heavy atom. The molecule has 11 heavy (non-hydrogen) atoms. The number of hydrogen-bond donors (Lipinski definition) is 1. The second-order valence-electron chi connectivity index (χ2n) is 2.66. The molecule has 0 unspecified atom stereocenters. The minimum Gasteiger partial charge on any atom is -0.362 e. The molecule has 2 rings (SSSR count). The maximum atomic E-state index is 3.42. The second-order valence-corrected chi connectivity index (χ2v) is 3.58. The molecule has 3 heteroatoms. The van der Waals surface area contributed by atoms with Crippen LogP contribution >= 0.6 is 15.9 Å². The van der Waals surface area contributed by atoms with Gasteiger partial charge in [0.1, 0.15) is 7.85 Å². The van der Waals surface area contributed by atoms with Crippen LogP contribution < -0.4 is 5.46 Å². The Morgan fingerprint density at radius 2 is 2.18 bits per heavy atom. The smallest absolute Gasteiger partial charge is 0.142 e. The molecule has 1 heterocycles. The molecule has 0 amide bonds. The molecule has 0 aliphatic carbocycles. The molecule has 0 bridgehead atoms. The minimum atomic E-state index is 1.12. The third-order valence-electron chi connectivity index (χ3n) is 1.85. The summed E-state index contributed by atoms with van der Waals surface area (Å²) in [4.78, 5) is 3.20. The van der Waals surface area contributed by atoms with Crippen LogP contribution in [0.15, 0.2) is 28.9 Å². The molecule has 0 atom stereocenters. The van der Waals surface area contributed by atoms with Crippen molar-refractivity contribution in [2.45, 2.75) is 0 Å². The molecular formula is C8H7BBrN. The molecule has 0 saturated carbocycles. The van der Waals surface area contributed by atoms with Gasteiger partial charge in [0.15, 0.2) is 0 Å². The molecular weight excluding hydrogens is 201 g/mol. The zero-order valence-electron chi connectivity index (χ0n) is 6.19. The van der Waals surface area contributed by atoms with Gasteiger partial charge in [-0.2, -0.15) is 0 Å². The molecule has 0 spiro atoms. The summed E-state index contributed by atoms with van der Waals surface area (Å²) in [6.07, 6.45) is 2.02. The van der Waals surface area contributed by atoms with Gasteiger partial charge in [-0.1, -0.05) is 27.5 Å². The van der Waals surface area contributed by atoms with E-state index in [4.69, 9.17) is 0 Å². The van der Waals surface area contributed by atoms with Crippen molar-refractivity contribution >= 4 is 40.1 Å². The highest BCUT2D eigenvalue weighted by Gasteiger charge is 1.97. The van der Waals surface area contributed by atoms with Crippen LogP contribution in [-0.2, 0) is 0 Å². The third-order valence-corrected chi connectivity index (χ3v) is 2.34. The van der Waals surface area contributed by atoms with Crippen molar-refractivity contribution in [3.05, 3.63) is 28.9 Å². The quantitative estimate of drug-likeness (QED) is 0.625. The number of H-pyrrole nitrogens is 1. The number of aromatic amines is 1. The SMILES string of the molecule is Bc1c[nH]c2cc(Br)ccc12. The predicted molar refractivity (Wildman–Crippen MR) is 54.2 cm³/mol. The first-order chi connectivity index (χ1) is 5.27. The zero-order valence-corrected chi connectivity index (χ0v) is 7.77. The van der Waals surface area contributed by atoms with Gasteiger partial charge in [-0.3, -0.25) is 0 Å². The van der Waals surface area contributed by atoms with E-state index in [2.05, 4.69) is 47.0 Å². The third kappa shape index (κ3) is 1.09. The number of fused-ring (bicyclic) bond motifs is 1. The summed E-state index contributed by atoms with van der Waals surface area (Å²) in [6.45, 7) is 0. The fraction of sp³-hybridized carbons (Fsp3) is 0. The van der Waals surface area contributed by atoms with Gasteiger partial charge in [-0.25, -0.2) is 0 Å². The largest absolute Gasteiger partial charge is 0.362 e. The van der Waals surface area contributed by atoms with Gasteiger partial charge >= 0.3 is 0 Å². The van der Waals surface area contributed by atoms with Gasteiger partial charge in [-0.05, 0) is 23.7 Å². The molecule has 1 nitrogen and oxygen atoms in total. The molecule has 0 aliphatic heterocycles. The monoisotopic (exact) mass is 207 g/mol. The summed E-state index contributed by atoms with van der Waals surface area (Å²) in [7, 11) is 2.10. The van der Waals surface area contributed by atoms with Gasteiger partial charge in [0.25, 0.3) is 0 Å². The number of benzene rings is 1. The van der Waals surface area contributed by atoms with E-state index < -0.39 is 0 Å². The van der Waals surface area contributed by atoms with Gasteiger partial charge in [0.2, 0.25) is 0 Å². The van der Waals surface area contributed by atoms with Gasteiger partial charge in [-0.15, -0.1) is 0 Å². The Labute approximate surface area is 74.3 Å². The normalized spacial score (nSPS) is 10.6. The van der Waals surface area contributed by atoms with E-state index in [1.54, 1.807) is 0 Å². The standard InChI is InChI=1S/C8H7BBrN/c9-7-4-11-8-3-5(10)1-2-6(7)8/h1-4,11H,9H2. The Morgan fingerprint density at radius 3 is 3.00 bits per heavy atom. The van der Waals surface area contributed by atoms with Gasteiger partial charge in [0, 0.05) is 9.99 Å². The van der Waals surface area contributed by atoms with E-state index in [9.17, 15) is 0 Å². The van der Waals surface area contributed by atoms with Gasteiger partial charge < -0.3 is 4.98 Å². The highest BCUT2D eigenvalue weighted by Crippen LogP contribution is 2.16. The number of rotatable bonds is 0. The first-order valence-electron chi connectivity index (χ1n) is 3.50. The maximum Gasteiger partial charge on any atom is 0.142 e. The number of aromatic nitrogens is 1. The average Bonchev–Trinajstić information content (AvgIpc) is 2.32. The summed E-state index contributed by atoms with van der Waals surface area (Å²) < 4.78 is 1.12. The van der Waals surface area contributed by atoms with E-state index in [1.807, 2.05) is 6.20 Å². The van der Waals surface area contributed by atoms with Crippen molar-refractivity contribution in [1.82, 2.24) is 4.98 Å². The molecule has 0 aliphatic rings. The van der Waals surface area contributed by atoms with E-state index in [1.165, 1.54) is 16.4 Å². The first-order valence-corrected chi connectivity index (χ1v) is 4.30. The Bertz CT molecular complexity index is 394. The average molecular weight is 208 g/mol. The maximum absolute atomic E-state index is 3.42. The van der Waals surface area contributed by atoms with Crippen LogP contribution in [0.2, 0.25) is 0 Å². The van der Waals surface area contributed by atoms with E-state index in [-0.39, 0.29) is 0 Å². The van der Waals surface area contributed by atoms with Crippen LogP contribution in [0.1, 0.15) is 0 Å². The molecule has 1 aromatic heterocycles. The lowest BCUT2D eigenvalue weighted by atomic mass is 9.96. The molecule has 54 valence electrons. The summed E-state index contributed by atoms with van der Waals surface area (Å²) >= 11 is 3.42. The minimum absolute atomic E-state index is 1.12. The fourth-order valence-corrected chi connectivity index (χ4v) is 1.60. The molecule has 1 N–H and O–H groups in total. The Balaban J connectivity index is 2.86. The van der Waals surface area contributed by atoms with Crippen molar-refractivity contribution in [3.63, 3.8) is 0 Å². The highest BCUT2D eigenvalue weighted by molar-refractivity contribution is 9.10. The summed E-state index contributed by atoms with van der Waals surface area (Å²) in [6, 6.07) is 6.26. The van der Waals surface area contributed by atoms with Crippen molar-refractivity contribution < 1.29 is 0 Å². The van der Waals surface area contributed by atoms with Crippen LogP contribution in [0.4, 0.5) is 0 Å². The second kappa shape index (κ2) is 2.41. The summed E-state index contributed by atoms with van der Waals surface area (Å²) in [5.41, 5.74) is 2.49. The molecule has 1 aromatic carbocycles. The van der Waals surface area contributed by atoms with E-state index in [0.717, 1.165) is 4.47 Å². The van der Waals surface area contributed by atoms with Gasteiger partial charge in [0.05, 0.1) is 0 Å². The summed E-state index contributed by atoms with van der Waals surface area (Å²) in [5, 5.41) is 1.30.